The maximum atomic E-state index is 14.0. The fourth-order valence-corrected chi connectivity index (χ4v) is 5.98. The number of anilines is 3. The van der Waals surface area contributed by atoms with Gasteiger partial charge in [-0.1, -0.05) is 36.4 Å². The van der Waals surface area contributed by atoms with E-state index in [0.717, 1.165) is 16.7 Å². The molecule has 0 radical (unpaired) electrons. The van der Waals surface area contributed by atoms with Gasteiger partial charge < -0.3 is 25.6 Å². The largest absolute Gasteiger partial charge is 0.381 e. The van der Waals surface area contributed by atoms with Crippen LogP contribution in [0.5, 0.6) is 0 Å². The van der Waals surface area contributed by atoms with E-state index in [1.165, 1.54) is 6.33 Å². The van der Waals surface area contributed by atoms with E-state index in [9.17, 15) is 14.7 Å². The Balaban J connectivity index is 1.23. The van der Waals surface area contributed by atoms with E-state index < -0.39 is 18.1 Å². The van der Waals surface area contributed by atoms with Crippen molar-refractivity contribution in [3.05, 3.63) is 139 Å². The number of imidazole rings is 1. The molecule has 0 fully saturated rings. The number of aromatic nitrogens is 7. The molecule has 258 valence electrons. The number of fused-ring (bicyclic) bond motifs is 1. The number of nitrogens with zero attached hydrogens (tertiary/aromatic N) is 7. The molecule has 4 heterocycles. The van der Waals surface area contributed by atoms with E-state index in [4.69, 9.17) is 4.98 Å². The van der Waals surface area contributed by atoms with E-state index in [-0.39, 0.29) is 12.3 Å². The molecule has 7 rings (SSSR count). The third kappa shape index (κ3) is 7.20. The minimum atomic E-state index is -1.54. The molecule has 13 heteroatoms. The molecule has 2 amide bonds. The van der Waals surface area contributed by atoms with Gasteiger partial charge in [0.2, 0.25) is 5.95 Å². The molecule has 4 aromatic heterocycles. The van der Waals surface area contributed by atoms with Gasteiger partial charge >= 0.3 is 0 Å². The highest BCUT2D eigenvalue weighted by atomic mass is 16.3. The van der Waals surface area contributed by atoms with Gasteiger partial charge in [0.1, 0.15) is 12.2 Å². The van der Waals surface area contributed by atoms with Crippen LogP contribution in [0.25, 0.3) is 33.7 Å². The molecule has 0 saturated heterocycles. The van der Waals surface area contributed by atoms with Gasteiger partial charge in [0.05, 0.1) is 28.3 Å². The summed E-state index contributed by atoms with van der Waals surface area (Å²) in [6.45, 7) is 1.93. The van der Waals surface area contributed by atoms with Crippen molar-refractivity contribution < 1.29 is 14.7 Å². The van der Waals surface area contributed by atoms with Crippen LogP contribution in [0.1, 0.15) is 27.5 Å². The first-order valence-electron chi connectivity index (χ1n) is 16.5. The van der Waals surface area contributed by atoms with Crippen molar-refractivity contribution in [3.8, 4) is 22.6 Å². The van der Waals surface area contributed by atoms with Crippen molar-refractivity contribution in [3.63, 3.8) is 0 Å². The lowest BCUT2D eigenvalue weighted by molar-refractivity contribution is -0.126. The van der Waals surface area contributed by atoms with Gasteiger partial charge in [0, 0.05) is 60.5 Å². The predicted octanol–water partition coefficient (Wildman–Crippen LogP) is 5.54. The normalized spacial score (nSPS) is 12.2. The SMILES string of the molecule is CNC(=O)c1ccc2c(c1)nc(-c1cncnc1)n2[C@H](Cc1ccccc1)[C@H](O)C(=O)Nc1ccc(C)c(Nc2nccc(-c3cccnc3)n2)c1. The Bertz CT molecular complexity index is 2350. The molecule has 0 aliphatic heterocycles. The lowest BCUT2D eigenvalue weighted by Gasteiger charge is -2.26. The summed E-state index contributed by atoms with van der Waals surface area (Å²) in [5.74, 6) is -0.0710. The summed E-state index contributed by atoms with van der Waals surface area (Å²) in [6.07, 6.45) is 8.49. The summed E-state index contributed by atoms with van der Waals surface area (Å²) in [5, 5.41) is 20.8. The molecule has 13 nitrogen and oxygen atoms in total. The number of carbonyl (C=O) groups is 2. The number of hydrogen-bond donors (Lipinski definition) is 4. The predicted molar refractivity (Wildman–Crippen MR) is 198 cm³/mol. The number of carbonyl (C=O) groups excluding carboxylic acids is 2. The molecule has 0 aliphatic carbocycles. The first-order chi connectivity index (χ1) is 25.4. The second-order valence-corrected chi connectivity index (χ2v) is 12.1. The van der Waals surface area contributed by atoms with Crippen LogP contribution in [0.4, 0.5) is 17.3 Å². The van der Waals surface area contributed by atoms with E-state index in [0.29, 0.717) is 51.0 Å². The lowest BCUT2D eigenvalue weighted by atomic mass is 9.99. The molecule has 0 aliphatic rings. The number of aryl methyl sites for hydroxylation is 1. The van der Waals surface area contributed by atoms with Crippen LogP contribution < -0.4 is 16.0 Å². The maximum absolute atomic E-state index is 14.0. The smallest absolute Gasteiger partial charge is 0.255 e. The zero-order chi connectivity index (χ0) is 36.0. The first-order valence-corrected chi connectivity index (χ1v) is 16.5. The third-order valence-electron chi connectivity index (χ3n) is 8.61. The monoisotopic (exact) mass is 690 g/mol. The molecular weight excluding hydrogens is 656 g/mol. The van der Waals surface area contributed by atoms with Gasteiger partial charge in [-0.25, -0.2) is 24.9 Å². The van der Waals surface area contributed by atoms with Crippen molar-refractivity contribution in [2.24, 2.45) is 0 Å². The van der Waals surface area contributed by atoms with E-state index in [1.54, 1.807) is 74.4 Å². The van der Waals surface area contributed by atoms with Crippen molar-refractivity contribution in [2.75, 3.05) is 17.7 Å². The van der Waals surface area contributed by atoms with Gasteiger partial charge in [0.15, 0.2) is 6.10 Å². The molecule has 0 bridgehead atoms. The highest BCUT2D eigenvalue weighted by molar-refractivity contribution is 5.98. The Labute approximate surface area is 298 Å². The second-order valence-electron chi connectivity index (χ2n) is 12.1. The Kier molecular flexibility index (Phi) is 9.66. The molecule has 4 N–H and O–H groups in total. The summed E-state index contributed by atoms with van der Waals surface area (Å²) in [5.41, 5.74) is 6.62. The van der Waals surface area contributed by atoms with Gasteiger partial charge in [-0.15, -0.1) is 0 Å². The van der Waals surface area contributed by atoms with E-state index in [1.807, 2.05) is 60.0 Å². The molecule has 0 saturated carbocycles. The number of pyridine rings is 1. The zero-order valence-electron chi connectivity index (χ0n) is 28.3. The van der Waals surface area contributed by atoms with Gasteiger partial charge in [0.25, 0.3) is 11.8 Å². The van der Waals surface area contributed by atoms with Crippen LogP contribution in [-0.4, -0.2) is 64.5 Å². The van der Waals surface area contributed by atoms with Crippen molar-refractivity contribution >= 4 is 40.2 Å². The summed E-state index contributed by atoms with van der Waals surface area (Å²) >= 11 is 0. The maximum Gasteiger partial charge on any atom is 0.255 e. The zero-order valence-corrected chi connectivity index (χ0v) is 28.3. The Hall–Kier alpha value is -6.86. The van der Waals surface area contributed by atoms with Crippen LogP contribution in [0, 0.1) is 6.92 Å². The number of nitrogens with one attached hydrogen (secondary N) is 3. The van der Waals surface area contributed by atoms with E-state index in [2.05, 4.69) is 40.9 Å². The number of hydrogen-bond acceptors (Lipinski definition) is 10. The van der Waals surface area contributed by atoms with Gasteiger partial charge in [-0.05, 0) is 73.0 Å². The van der Waals surface area contributed by atoms with Crippen LogP contribution in [0.3, 0.4) is 0 Å². The van der Waals surface area contributed by atoms with Crippen LogP contribution >= 0.6 is 0 Å². The Morgan fingerprint density at radius 2 is 1.65 bits per heavy atom. The van der Waals surface area contributed by atoms with Crippen molar-refractivity contribution in [2.45, 2.75) is 25.5 Å². The Morgan fingerprint density at radius 1 is 0.846 bits per heavy atom. The molecule has 7 aromatic rings. The molecular formula is C39H34N10O3. The van der Waals surface area contributed by atoms with Crippen LogP contribution in [0.15, 0.2) is 122 Å². The number of rotatable bonds is 11. The lowest BCUT2D eigenvalue weighted by Crippen LogP contribution is -2.37. The summed E-state index contributed by atoms with van der Waals surface area (Å²) in [4.78, 5) is 53.0. The standard InChI is InChI=1S/C39H34N10O3/c1-24-10-12-29(19-31(24)48-39-44-16-14-30(47-39)27-9-6-15-41-20-27)45-38(52)35(50)34(17-25-7-4-3-5-8-25)49-33-13-11-26(37(51)40-2)18-32(33)46-36(49)28-21-42-23-43-22-28/h3-16,18-23,34-35,50H,17H2,1-2H3,(H,40,51)(H,45,52)(H,44,47,48)/t34-,35+/m1/s1. The van der Waals surface area contributed by atoms with Crippen LogP contribution in [-0.2, 0) is 11.2 Å². The average Bonchev–Trinajstić information content (AvgIpc) is 3.57. The Morgan fingerprint density at radius 3 is 2.42 bits per heavy atom. The highest BCUT2D eigenvalue weighted by Crippen LogP contribution is 2.33. The fraction of sp³-hybridized carbons (Fsp3) is 0.128. The summed E-state index contributed by atoms with van der Waals surface area (Å²) < 4.78 is 1.83. The molecule has 0 spiro atoms. The summed E-state index contributed by atoms with van der Waals surface area (Å²) in [6, 6.07) is 24.9. The second kappa shape index (κ2) is 14.9. The molecule has 2 atom stereocenters. The van der Waals surface area contributed by atoms with Crippen LogP contribution in [0.2, 0.25) is 0 Å². The minimum absolute atomic E-state index is 0.263. The molecule has 0 unspecified atom stereocenters. The molecule has 52 heavy (non-hydrogen) atoms. The number of amides is 2. The topological polar surface area (TPSA) is 173 Å². The molecule has 3 aromatic carbocycles. The number of aliphatic hydroxyl groups excluding tert-OH is 1. The fourth-order valence-electron chi connectivity index (χ4n) is 5.98. The van der Waals surface area contributed by atoms with Gasteiger partial charge in [-0.2, -0.15) is 0 Å². The number of aliphatic hydroxyl groups is 1. The van der Waals surface area contributed by atoms with Crippen molar-refractivity contribution in [1.29, 1.82) is 0 Å². The van der Waals surface area contributed by atoms with Gasteiger partial charge in [-0.3, -0.25) is 14.6 Å². The highest BCUT2D eigenvalue weighted by Gasteiger charge is 2.32. The average molecular weight is 691 g/mol. The van der Waals surface area contributed by atoms with Crippen molar-refractivity contribution in [1.82, 2.24) is 39.8 Å². The van der Waals surface area contributed by atoms with E-state index >= 15 is 0 Å². The summed E-state index contributed by atoms with van der Waals surface area (Å²) in [7, 11) is 1.56. The number of benzene rings is 3. The third-order valence-corrected chi connectivity index (χ3v) is 8.61. The first kappa shape index (κ1) is 33.6. The quantitative estimate of drug-likeness (QED) is 0.135. The minimum Gasteiger partial charge on any atom is -0.381 e.